The third-order valence-electron chi connectivity index (χ3n) is 3.43. The highest BCUT2D eigenvalue weighted by atomic mass is 32.2. The Labute approximate surface area is 109 Å². The molecule has 2 N–H and O–H groups in total. The molecular weight excluding hydrogens is 248 g/mol. The summed E-state index contributed by atoms with van der Waals surface area (Å²) in [6.07, 6.45) is 0. The highest BCUT2D eigenvalue weighted by molar-refractivity contribution is 7.91. The Morgan fingerprint density at radius 2 is 2.00 bits per heavy atom. The standard InChI is InChI=1S/C13H20N2O2S/c1-11-2-4-12(5-3-11)9-15-6-7-18(16,17)10-13(15)8-14/h2-5,13H,6-10,14H2,1H3. The van der Waals surface area contributed by atoms with Gasteiger partial charge in [-0.3, -0.25) is 4.90 Å². The smallest absolute Gasteiger partial charge is 0.153 e. The summed E-state index contributed by atoms with van der Waals surface area (Å²) in [5, 5.41) is 0. The topological polar surface area (TPSA) is 63.4 Å². The van der Waals surface area contributed by atoms with Crippen LogP contribution in [-0.4, -0.2) is 44.0 Å². The zero-order valence-corrected chi connectivity index (χ0v) is 11.5. The number of nitrogens with two attached hydrogens (primary N) is 1. The Bertz CT molecular complexity index is 496. The van der Waals surface area contributed by atoms with Gasteiger partial charge in [0.05, 0.1) is 11.5 Å². The van der Waals surface area contributed by atoms with E-state index in [9.17, 15) is 8.42 Å². The van der Waals surface area contributed by atoms with Crippen molar-refractivity contribution in [2.45, 2.75) is 19.5 Å². The lowest BCUT2D eigenvalue weighted by molar-refractivity contribution is 0.209. The molecule has 0 aliphatic carbocycles. The maximum absolute atomic E-state index is 11.6. The van der Waals surface area contributed by atoms with Crippen molar-refractivity contribution >= 4 is 9.84 Å². The molecule has 1 aromatic rings. The molecule has 18 heavy (non-hydrogen) atoms. The molecule has 0 aromatic heterocycles. The van der Waals surface area contributed by atoms with E-state index in [0.29, 0.717) is 13.1 Å². The van der Waals surface area contributed by atoms with E-state index < -0.39 is 9.84 Å². The first-order valence-electron chi connectivity index (χ1n) is 6.20. The molecule has 1 aromatic carbocycles. The highest BCUT2D eigenvalue weighted by Crippen LogP contribution is 2.15. The van der Waals surface area contributed by atoms with Crippen molar-refractivity contribution in [2.24, 2.45) is 5.73 Å². The van der Waals surface area contributed by atoms with Crippen molar-refractivity contribution in [3.63, 3.8) is 0 Å². The van der Waals surface area contributed by atoms with E-state index in [1.54, 1.807) is 0 Å². The quantitative estimate of drug-likeness (QED) is 0.869. The maximum Gasteiger partial charge on any atom is 0.153 e. The summed E-state index contributed by atoms with van der Waals surface area (Å²) in [7, 11) is -2.90. The van der Waals surface area contributed by atoms with E-state index in [1.807, 2.05) is 0 Å². The van der Waals surface area contributed by atoms with Gasteiger partial charge in [0, 0.05) is 25.7 Å². The van der Waals surface area contributed by atoms with Crippen LogP contribution in [0.3, 0.4) is 0 Å². The average molecular weight is 268 g/mol. The number of hydrogen-bond donors (Lipinski definition) is 1. The van der Waals surface area contributed by atoms with Crippen molar-refractivity contribution in [1.29, 1.82) is 0 Å². The molecule has 0 bridgehead atoms. The monoisotopic (exact) mass is 268 g/mol. The number of nitrogens with zero attached hydrogens (tertiary/aromatic N) is 1. The highest BCUT2D eigenvalue weighted by Gasteiger charge is 2.29. The summed E-state index contributed by atoms with van der Waals surface area (Å²) in [6.45, 7) is 3.81. The molecule has 1 unspecified atom stereocenters. The van der Waals surface area contributed by atoms with E-state index in [1.165, 1.54) is 11.1 Å². The van der Waals surface area contributed by atoms with E-state index in [2.05, 4.69) is 36.1 Å². The molecule has 1 fully saturated rings. The van der Waals surface area contributed by atoms with Crippen LogP contribution in [0.25, 0.3) is 0 Å². The number of aryl methyl sites for hydroxylation is 1. The van der Waals surface area contributed by atoms with E-state index in [-0.39, 0.29) is 17.5 Å². The predicted molar refractivity (Wildman–Crippen MR) is 73.1 cm³/mol. The van der Waals surface area contributed by atoms with E-state index >= 15 is 0 Å². The Morgan fingerprint density at radius 3 is 2.61 bits per heavy atom. The Kier molecular flexibility index (Phi) is 4.04. The molecule has 1 heterocycles. The number of benzene rings is 1. The molecule has 2 rings (SSSR count). The summed E-state index contributed by atoms with van der Waals surface area (Å²) in [5.41, 5.74) is 8.13. The average Bonchev–Trinajstić information content (AvgIpc) is 2.34. The second-order valence-corrected chi connectivity index (χ2v) is 7.19. The van der Waals surface area contributed by atoms with E-state index in [0.717, 1.165) is 6.54 Å². The summed E-state index contributed by atoms with van der Waals surface area (Å²) in [6, 6.07) is 8.28. The van der Waals surface area contributed by atoms with E-state index in [4.69, 9.17) is 5.73 Å². The second-order valence-electron chi connectivity index (χ2n) is 4.96. The Morgan fingerprint density at radius 1 is 1.33 bits per heavy atom. The van der Waals surface area contributed by atoms with Crippen LogP contribution in [0.1, 0.15) is 11.1 Å². The number of hydrogen-bond acceptors (Lipinski definition) is 4. The SMILES string of the molecule is Cc1ccc(CN2CCS(=O)(=O)CC2CN)cc1. The van der Waals surface area contributed by atoms with Gasteiger partial charge in [-0.1, -0.05) is 29.8 Å². The van der Waals surface area contributed by atoms with Crippen molar-refractivity contribution in [2.75, 3.05) is 24.6 Å². The van der Waals surface area contributed by atoms with Gasteiger partial charge in [-0.2, -0.15) is 0 Å². The van der Waals surface area contributed by atoms with Gasteiger partial charge in [0.1, 0.15) is 0 Å². The molecule has 1 saturated heterocycles. The summed E-state index contributed by atoms with van der Waals surface area (Å²) in [5.74, 6) is 0.435. The lowest BCUT2D eigenvalue weighted by Gasteiger charge is -2.34. The summed E-state index contributed by atoms with van der Waals surface area (Å²) < 4.78 is 23.2. The summed E-state index contributed by atoms with van der Waals surface area (Å²) in [4.78, 5) is 2.17. The Hall–Kier alpha value is -0.910. The van der Waals surface area contributed by atoms with Crippen LogP contribution in [0.4, 0.5) is 0 Å². The fourth-order valence-corrected chi connectivity index (χ4v) is 3.89. The van der Waals surface area contributed by atoms with Crippen LogP contribution in [0.5, 0.6) is 0 Å². The molecule has 100 valence electrons. The lowest BCUT2D eigenvalue weighted by atomic mass is 10.1. The van der Waals surface area contributed by atoms with Gasteiger partial charge >= 0.3 is 0 Å². The molecule has 1 aliphatic heterocycles. The van der Waals surface area contributed by atoms with Gasteiger partial charge in [0.2, 0.25) is 0 Å². The Balaban J connectivity index is 2.06. The van der Waals surface area contributed by atoms with Gasteiger partial charge in [-0.05, 0) is 12.5 Å². The molecule has 1 atom stereocenters. The van der Waals surface area contributed by atoms with Crippen LogP contribution >= 0.6 is 0 Å². The minimum Gasteiger partial charge on any atom is -0.329 e. The van der Waals surface area contributed by atoms with Gasteiger partial charge < -0.3 is 5.73 Å². The summed E-state index contributed by atoms with van der Waals surface area (Å²) >= 11 is 0. The molecule has 0 spiro atoms. The zero-order valence-electron chi connectivity index (χ0n) is 10.7. The van der Waals surface area contributed by atoms with Gasteiger partial charge in [0.25, 0.3) is 0 Å². The van der Waals surface area contributed by atoms with Crippen molar-refractivity contribution in [1.82, 2.24) is 4.90 Å². The third-order valence-corrected chi connectivity index (χ3v) is 5.13. The third kappa shape index (κ3) is 3.31. The minimum absolute atomic E-state index is 0.0509. The number of sulfone groups is 1. The largest absolute Gasteiger partial charge is 0.329 e. The molecule has 4 nitrogen and oxygen atoms in total. The fourth-order valence-electron chi connectivity index (χ4n) is 2.27. The molecule has 0 radical (unpaired) electrons. The van der Waals surface area contributed by atoms with Crippen molar-refractivity contribution in [3.8, 4) is 0 Å². The molecular formula is C13H20N2O2S. The number of rotatable bonds is 3. The molecule has 0 saturated carbocycles. The lowest BCUT2D eigenvalue weighted by Crippen LogP contribution is -2.51. The van der Waals surface area contributed by atoms with Gasteiger partial charge in [0.15, 0.2) is 9.84 Å². The minimum atomic E-state index is -2.90. The normalized spacial score (nSPS) is 24.0. The van der Waals surface area contributed by atoms with Crippen LogP contribution in [0.2, 0.25) is 0 Å². The van der Waals surface area contributed by atoms with Crippen LogP contribution in [0.15, 0.2) is 24.3 Å². The first kappa shape index (κ1) is 13.5. The molecule has 5 heteroatoms. The van der Waals surface area contributed by atoms with Gasteiger partial charge in [-0.25, -0.2) is 8.42 Å². The van der Waals surface area contributed by atoms with Crippen molar-refractivity contribution < 1.29 is 8.42 Å². The fraction of sp³-hybridized carbons (Fsp3) is 0.538. The first-order valence-corrected chi connectivity index (χ1v) is 8.02. The molecule has 0 amide bonds. The second kappa shape index (κ2) is 5.38. The maximum atomic E-state index is 11.6. The molecule has 1 aliphatic rings. The van der Waals surface area contributed by atoms with Gasteiger partial charge in [-0.15, -0.1) is 0 Å². The zero-order chi connectivity index (χ0) is 13.2. The van der Waals surface area contributed by atoms with Crippen LogP contribution in [-0.2, 0) is 16.4 Å². The first-order chi connectivity index (χ1) is 8.50. The predicted octanol–water partition coefficient (Wildman–Crippen LogP) is 0.553. The van der Waals surface area contributed by atoms with Crippen molar-refractivity contribution in [3.05, 3.63) is 35.4 Å². The van der Waals surface area contributed by atoms with Crippen LogP contribution in [0, 0.1) is 6.92 Å². The van der Waals surface area contributed by atoms with Crippen LogP contribution < -0.4 is 5.73 Å².